The van der Waals surface area contributed by atoms with Gasteiger partial charge in [-0.1, -0.05) is 29.8 Å². The highest BCUT2D eigenvalue weighted by Gasteiger charge is 2.26. The van der Waals surface area contributed by atoms with Crippen LogP contribution in [-0.2, 0) is 11.2 Å². The highest BCUT2D eigenvalue weighted by atomic mass is 35.5. The molecular weight excluding hydrogens is 258 g/mol. The van der Waals surface area contributed by atoms with E-state index in [2.05, 4.69) is 23.2 Å². The van der Waals surface area contributed by atoms with Crippen LogP contribution in [0.15, 0.2) is 30.4 Å². The molecule has 3 rings (SSSR count). The minimum absolute atomic E-state index is 0.746. The quantitative estimate of drug-likeness (QED) is 0.811. The lowest BCUT2D eigenvalue weighted by atomic mass is 10.00. The Balaban J connectivity index is 2.00. The third-order valence-corrected chi connectivity index (χ3v) is 3.87. The van der Waals surface area contributed by atoms with Gasteiger partial charge in [-0.15, -0.1) is 0 Å². The first-order valence-electron chi connectivity index (χ1n) is 6.70. The Bertz CT molecular complexity index is 614. The fourth-order valence-corrected chi connectivity index (χ4v) is 2.97. The normalized spacial score (nSPS) is 16.3. The number of benzene rings is 1. The Morgan fingerprint density at radius 1 is 1.42 bits per heavy atom. The van der Waals surface area contributed by atoms with Crippen molar-refractivity contribution in [3.05, 3.63) is 52.7 Å². The summed E-state index contributed by atoms with van der Waals surface area (Å²) < 4.78 is 5.83. The van der Waals surface area contributed by atoms with Crippen molar-refractivity contribution in [2.75, 3.05) is 6.61 Å². The van der Waals surface area contributed by atoms with Crippen LogP contribution in [0.5, 0.6) is 0 Å². The Kier molecular flexibility index (Phi) is 3.63. The summed E-state index contributed by atoms with van der Waals surface area (Å²) >= 11 is 6.33. The molecule has 0 atom stereocenters. The van der Waals surface area contributed by atoms with Gasteiger partial charge in [0, 0.05) is 10.9 Å². The molecule has 0 fully saturated rings. The number of ether oxygens (including phenoxy) is 1. The van der Waals surface area contributed by atoms with E-state index in [1.165, 1.54) is 5.56 Å². The maximum atomic E-state index is 6.33. The van der Waals surface area contributed by atoms with Gasteiger partial charge in [-0.05, 0) is 43.9 Å². The molecule has 2 aromatic rings. The van der Waals surface area contributed by atoms with Gasteiger partial charge < -0.3 is 9.72 Å². The topological polar surface area (TPSA) is 25.0 Å². The number of hydrogen-bond acceptors (Lipinski definition) is 1. The molecule has 0 amide bonds. The van der Waals surface area contributed by atoms with Crippen molar-refractivity contribution in [2.24, 2.45) is 0 Å². The second-order valence-electron chi connectivity index (χ2n) is 4.77. The molecule has 99 valence electrons. The zero-order chi connectivity index (χ0) is 13.2. The average Bonchev–Trinajstić information content (AvgIpc) is 2.80. The zero-order valence-electron chi connectivity index (χ0n) is 11.0. The summed E-state index contributed by atoms with van der Waals surface area (Å²) in [5, 5.41) is 1.98. The summed E-state index contributed by atoms with van der Waals surface area (Å²) in [5.74, 6) is 0. The van der Waals surface area contributed by atoms with Gasteiger partial charge in [-0.2, -0.15) is 0 Å². The van der Waals surface area contributed by atoms with E-state index in [1.807, 2.05) is 19.1 Å². The third kappa shape index (κ3) is 2.31. The highest BCUT2D eigenvalue weighted by Crippen LogP contribution is 2.37. The van der Waals surface area contributed by atoms with Gasteiger partial charge in [-0.25, -0.2) is 0 Å². The lowest BCUT2D eigenvalue weighted by molar-refractivity contribution is 0.141. The number of fused-ring (bicyclic) bond motifs is 3. The molecule has 2 heterocycles. The van der Waals surface area contributed by atoms with Gasteiger partial charge in [0.1, 0.15) is 6.10 Å². The third-order valence-electron chi connectivity index (χ3n) is 3.56. The molecule has 0 unspecified atom stereocenters. The van der Waals surface area contributed by atoms with Crippen molar-refractivity contribution in [3.8, 4) is 0 Å². The molecule has 1 aliphatic rings. The first-order chi connectivity index (χ1) is 9.31. The molecule has 1 N–H and O–H groups in total. The van der Waals surface area contributed by atoms with Gasteiger partial charge in [0.15, 0.2) is 0 Å². The van der Waals surface area contributed by atoms with E-state index in [0.29, 0.717) is 0 Å². The average molecular weight is 275 g/mol. The number of rotatable bonds is 3. The molecule has 0 spiro atoms. The van der Waals surface area contributed by atoms with Gasteiger partial charge in [0.2, 0.25) is 0 Å². The van der Waals surface area contributed by atoms with Crippen molar-refractivity contribution in [2.45, 2.75) is 26.2 Å². The molecule has 1 radical (unpaired) electrons. The number of allylic oxidation sites excluding steroid dienone is 2. The Hall–Kier alpha value is -1.25. The summed E-state index contributed by atoms with van der Waals surface area (Å²) in [4.78, 5) is 3.46. The molecule has 0 saturated heterocycles. The molecule has 2 nitrogen and oxygen atoms in total. The predicted molar refractivity (Wildman–Crippen MR) is 79.4 cm³/mol. The zero-order valence-corrected chi connectivity index (χ0v) is 11.8. The number of hydrogen-bond donors (Lipinski definition) is 1. The van der Waals surface area contributed by atoms with Crippen molar-refractivity contribution < 1.29 is 4.74 Å². The van der Waals surface area contributed by atoms with E-state index >= 15 is 0 Å². The van der Waals surface area contributed by atoms with Gasteiger partial charge >= 0.3 is 0 Å². The first-order valence-corrected chi connectivity index (χ1v) is 7.08. The number of halogens is 1. The van der Waals surface area contributed by atoms with Crippen molar-refractivity contribution in [1.29, 1.82) is 0 Å². The number of H-pyrrole nitrogens is 1. The summed E-state index contributed by atoms with van der Waals surface area (Å²) in [6.45, 7) is 2.79. The SMILES string of the molecule is C/C=C/CC[C]1OCCc2c1[nH]c1cccc(Cl)c21. The molecular formula is C16H17ClNO. The summed E-state index contributed by atoms with van der Waals surface area (Å²) in [7, 11) is 0. The van der Waals surface area contributed by atoms with Crippen LogP contribution in [0, 0.1) is 6.10 Å². The Morgan fingerprint density at radius 2 is 2.32 bits per heavy atom. The van der Waals surface area contributed by atoms with E-state index < -0.39 is 0 Å². The van der Waals surface area contributed by atoms with E-state index in [4.69, 9.17) is 16.3 Å². The van der Waals surface area contributed by atoms with Crippen LogP contribution < -0.4 is 0 Å². The van der Waals surface area contributed by atoms with Gasteiger partial charge in [-0.3, -0.25) is 0 Å². The lowest BCUT2D eigenvalue weighted by Gasteiger charge is -2.21. The van der Waals surface area contributed by atoms with Crippen molar-refractivity contribution >= 4 is 22.5 Å². The summed E-state index contributed by atoms with van der Waals surface area (Å²) in [5.41, 5.74) is 3.55. The van der Waals surface area contributed by atoms with Crippen molar-refractivity contribution in [1.82, 2.24) is 4.98 Å². The van der Waals surface area contributed by atoms with Gasteiger partial charge in [0.05, 0.1) is 17.3 Å². The second-order valence-corrected chi connectivity index (χ2v) is 5.18. The second kappa shape index (κ2) is 5.40. The fourth-order valence-electron chi connectivity index (χ4n) is 2.68. The molecule has 0 saturated carbocycles. The van der Waals surface area contributed by atoms with Crippen molar-refractivity contribution in [3.63, 3.8) is 0 Å². The minimum atomic E-state index is 0.746. The van der Waals surface area contributed by atoms with E-state index in [1.54, 1.807) is 0 Å². The predicted octanol–water partition coefficient (Wildman–Crippen LogP) is 4.63. The van der Waals surface area contributed by atoms with E-state index in [-0.39, 0.29) is 0 Å². The largest absolute Gasteiger partial charge is 0.365 e. The van der Waals surface area contributed by atoms with Crippen LogP contribution in [-0.4, -0.2) is 11.6 Å². The molecule has 3 heteroatoms. The number of aromatic nitrogens is 1. The van der Waals surface area contributed by atoms with Crippen LogP contribution in [0.4, 0.5) is 0 Å². The van der Waals surface area contributed by atoms with Crippen LogP contribution >= 0.6 is 11.6 Å². The van der Waals surface area contributed by atoms with Crippen LogP contribution in [0.3, 0.4) is 0 Å². The number of aromatic amines is 1. The van der Waals surface area contributed by atoms with Gasteiger partial charge in [0.25, 0.3) is 0 Å². The Morgan fingerprint density at radius 3 is 3.16 bits per heavy atom. The number of nitrogens with one attached hydrogen (secondary N) is 1. The molecule has 1 aromatic carbocycles. The molecule has 1 aromatic heterocycles. The monoisotopic (exact) mass is 274 g/mol. The van der Waals surface area contributed by atoms with E-state index in [0.717, 1.165) is 53.6 Å². The smallest absolute Gasteiger partial charge is 0.143 e. The Labute approximate surface area is 118 Å². The summed E-state index contributed by atoms with van der Waals surface area (Å²) in [6.07, 6.45) is 8.17. The maximum Gasteiger partial charge on any atom is 0.143 e. The molecule has 19 heavy (non-hydrogen) atoms. The molecule has 0 bridgehead atoms. The molecule has 0 aliphatic carbocycles. The van der Waals surface area contributed by atoms with Crippen LogP contribution in [0.2, 0.25) is 5.02 Å². The maximum absolute atomic E-state index is 6.33. The van der Waals surface area contributed by atoms with E-state index in [9.17, 15) is 0 Å². The summed E-state index contributed by atoms with van der Waals surface area (Å²) in [6, 6.07) is 6.00. The first kappa shape index (κ1) is 12.8. The van der Waals surface area contributed by atoms with Crippen LogP contribution in [0.25, 0.3) is 10.9 Å². The highest BCUT2D eigenvalue weighted by molar-refractivity contribution is 6.35. The minimum Gasteiger partial charge on any atom is -0.365 e. The van der Waals surface area contributed by atoms with Crippen LogP contribution in [0.1, 0.15) is 31.0 Å². The molecule has 1 aliphatic heterocycles. The lowest BCUT2D eigenvalue weighted by Crippen LogP contribution is -2.16. The standard InChI is InChI=1S/C16H17ClNO/c1-2-3-4-8-14-16-11(9-10-19-14)15-12(17)6-5-7-13(15)18-16/h2-3,5-7,18H,4,8-10H2,1H3/b3-2+. The fraction of sp³-hybridized carbons (Fsp3) is 0.312.